The van der Waals surface area contributed by atoms with E-state index < -0.39 is 46.1 Å². The van der Waals surface area contributed by atoms with Crippen LogP contribution in [0.3, 0.4) is 0 Å². The molecule has 3 aromatic rings. The van der Waals surface area contributed by atoms with Gasteiger partial charge in [-0.3, -0.25) is 13.9 Å². The third-order valence-electron chi connectivity index (χ3n) is 6.38. The topological polar surface area (TPSA) is 96.0 Å². The molecule has 41 heavy (non-hydrogen) atoms. The van der Waals surface area contributed by atoms with E-state index in [2.05, 4.69) is 5.32 Å². The van der Waals surface area contributed by atoms with Crippen LogP contribution in [0, 0.1) is 11.6 Å². The van der Waals surface area contributed by atoms with Crippen molar-refractivity contribution in [3.8, 4) is 5.75 Å². The predicted octanol–water partition coefficient (Wildman–Crippen LogP) is 4.89. The van der Waals surface area contributed by atoms with Crippen LogP contribution in [0.1, 0.15) is 39.2 Å². The number of sulfonamides is 1. The Morgan fingerprint density at radius 2 is 1.49 bits per heavy atom. The number of benzene rings is 3. The maximum atomic E-state index is 13.9. The van der Waals surface area contributed by atoms with Crippen LogP contribution in [0.25, 0.3) is 0 Å². The van der Waals surface area contributed by atoms with Crippen LogP contribution in [0.5, 0.6) is 5.75 Å². The smallest absolute Gasteiger partial charge is 0.264 e. The molecular formula is C30H35F2N3O5S. The van der Waals surface area contributed by atoms with Gasteiger partial charge in [-0.05, 0) is 86.5 Å². The molecule has 0 radical (unpaired) electrons. The maximum absolute atomic E-state index is 13.9. The molecule has 0 fully saturated rings. The van der Waals surface area contributed by atoms with Crippen molar-refractivity contribution in [1.29, 1.82) is 0 Å². The number of nitrogens with one attached hydrogen (secondary N) is 1. The van der Waals surface area contributed by atoms with E-state index in [9.17, 15) is 26.8 Å². The molecule has 2 amide bonds. The number of nitrogens with zero attached hydrogens (tertiary/aromatic N) is 2. The number of hydrogen-bond acceptors (Lipinski definition) is 5. The highest BCUT2D eigenvalue weighted by atomic mass is 32.2. The second-order valence-electron chi connectivity index (χ2n) is 9.36. The second-order valence-corrected chi connectivity index (χ2v) is 11.2. The number of carbonyl (C=O) groups is 2. The van der Waals surface area contributed by atoms with E-state index in [0.717, 1.165) is 41.4 Å². The number of halogens is 2. The molecule has 3 rings (SSSR count). The van der Waals surface area contributed by atoms with Gasteiger partial charge in [0.25, 0.3) is 10.0 Å². The molecule has 0 saturated carbocycles. The van der Waals surface area contributed by atoms with E-state index in [0.29, 0.717) is 24.5 Å². The van der Waals surface area contributed by atoms with Gasteiger partial charge in [-0.15, -0.1) is 0 Å². The zero-order valence-corrected chi connectivity index (χ0v) is 24.2. The molecule has 0 aromatic heterocycles. The molecule has 1 atom stereocenters. The summed E-state index contributed by atoms with van der Waals surface area (Å²) < 4.78 is 61.1. The summed E-state index contributed by atoms with van der Waals surface area (Å²) in [4.78, 5) is 27.9. The first-order chi connectivity index (χ1) is 19.6. The van der Waals surface area contributed by atoms with Crippen LogP contribution in [-0.2, 0) is 26.2 Å². The fourth-order valence-corrected chi connectivity index (χ4v) is 5.46. The largest absolute Gasteiger partial charge is 0.494 e. The fourth-order valence-electron chi connectivity index (χ4n) is 4.04. The Hall–Kier alpha value is -3.99. The molecule has 8 nitrogen and oxygen atoms in total. The number of ether oxygens (including phenoxy) is 1. The Morgan fingerprint density at radius 1 is 0.902 bits per heavy atom. The lowest BCUT2D eigenvalue weighted by Gasteiger charge is -2.32. The van der Waals surface area contributed by atoms with Gasteiger partial charge in [0.2, 0.25) is 11.8 Å². The minimum atomic E-state index is -4.34. The minimum absolute atomic E-state index is 0.0603. The average molecular weight is 588 g/mol. The van der Waals surface area contributed by atoms with Crippen molar-refractivity contribution >= 4 is 27.5 Å². The average Bonchev–Trinajstić information content (AvgIpc) is 2.96. The van der Waals surface area contributed by atoms with Crippen molar-refractivity contribution < 1.29 is 31.5 Å². The Morgan fingerprint density at radius 3 is 2.05 bits per heavy atom. The quantitative estimate of drug-likeness (QED) is 0.271. The third-order valence-corrected chi connectivity index (χ3v) is 8.17. The number of rotatable bonds is 14. The predicted molar refractivity (Wildman–Crippen MR) is 153 cm³/mol. The Balaban J connectivity index is 2.00. The molecule has 0 saturated heterocycles. The molecule has 0 spiro atoms. The molecule has 0 bridgehead atoms. The number of unbranched alkanes of at least 4 members (excludes halogenated alkanes) is 1. The molecule has 0 heterocycles. The summed E-state index contributed by atoms with van der Waals surface area (Å²) in [5.74, 6) is -1.61. The van der Waals surface area contributed by atoms with E-state index in [1.54, 1.807) is 19.1 Å². The highest BCUT2D eigenvalue weighted by molar-refractivity contribution is 7.92. The van der Waals surface area contributed by atoms with Gasteiger partial charge in [0, 0.05) is 13.1 Å². The van der Waals surface area contributed by atoms with E-state index in [-0.39, 0.29) is 17.1 Å². The van der Waals surface area contributed by atoms with Crippen LogP contribution in [-0.4, -0.2) is 50.9 Å². The molecule has 11 heteroatoms. The molecule has 0 aliphatic heterocycles. The Bertz CT molecular complexity index is 1400. The standard InChI is InChI=1S/C30H35F2N3O5S/c1-4-6-19-33-30(37)22(3)34(20-23-7-9-24(31)10-8-23)29(36)21-35(26-13-15-27(16-14-26)40-5-2)41(38,39)28-17-11-25(32)12-18-28/h7-18,22H,4-6,19-21H2,1-3H3,(H,33,37)/t22-/m0/s1. The second kappa shape index (κ2) is 14.6. The van der Waals surface area contributed by atoms with E-state index >= 15 is 0 Å². The van der Waals surface area contributed by atoms with E-state index in [1.807, 2.05) is 13.8 Å². The summed E-state index contributed by atoms with van der Waals surface area (Å²) in [6.07, 6.45) is 1.62. The van der Waals surface area contributed by atoms with Crippen molar-refractivity contribution in [1.82, 2.24) is 10.2 Å². The molecule has 220 valence electrons. The highest BCUT2D eigenvalue weighted by Gasteiger charge is 2.32. The van der Waals surface area contributed by atoms with Crippen molar-refractivity contribution in [2.24, 2.45) is 0 Å². The first kappa shape index (κ1) is 31.5. The summed E-state index contributed by atoms with van der Waals surface area (Å²) in [5.41, 5.74) is 0.731. The summed E-state index contributed by atoms with van der Waals surface area (Å²) in [6.45, 7) is 5.47. The normalized spacial score (nSPS) is 11.9. The van der Waals surface area contributed by atoms with Gasteiger partial charge in [0.1, 0.15) is 30.0 Å². The Kier molecular flexibility index (Phi) is 11.2. The van der Waals surface area contributed by atoms with Crippen molar-refractivity contribution in [2.75, 3.05) is 24.0 Å². The van der Waals surface area contributed by atoms with Gasteiger partial charge in [-0.1, -0.05) is 25.5 Å². The van der Waals surface area contributed by atoms with Crippen molar-refractivity contribution in [2.45, 2.75) is 51.1 Å². The van der Waals surface area contributed by atoms with Gasteiger partial charge >= 0.3 is 0 Å². The zero-order chi connectivity index (χ0) is 30.0. The van der Waals surface area contributed by atoms with Crippen LogP contribution >= 0.6 is 0 Å². The van der Waals surface area contributed by atoms with Crippen molar-refractivity contribution in [3.05, 3.63) is 90.0 Å². The Labute approximate surface area is 240 Å². The maximum Gasteiger partial charge on any atom is 0.264 e. The van der Waals surface area contributed by atoms with Gasteiger partial charge in [0.05, 0.1) is 17.2 Å². The van der Waals surface area contributed by atoms with Crippen LogP contribution in [0.2, 0.25) is 0 Å². The van der Waals surface area contributed by atoms with Crippen LogP contribution in [0.15, 0.2) is 77.7 Å². The number of anilines is 1. The first-order valence-electron chi connectivity index (χ1n) is 13.4. The highest BCUT2D eigenvalue weighted by Crippen LogP contribution is 2.27. The van der Waals surface area contributed by atoms with E-state index in [4.69, 9.17) is 4.74 Å². The molecule has 0 unspecified atom stereocenters. The monoisotopic (exact) mass is 587 g/mol. The molecule has 0 aliphatic carbocycles. The summed E-state index contributed by atoms with van der Waals surface area (Å²) >= 11 is 0. The lowest BCUT2D eigenvalue weighted by molar-refractivity contribution is -0.139. The lowest BCUT2D eigenvalue weighted by Crippen LogP contribution is -2.51. The first-order valence-corrected chi connectivity index (χ1v) is 14.8. The number of hydrogen-bond donors (Lipinski definition) is 1. The lowest BCUT2D eigenvalue weighted by atomic mass is 10.1. The molecule has 0 aliphatic rings. The van der Waals surface area contributed by atoms with Crippen molar-refractivity contribution in [3.63, 3.8) is 0 Å². The van der Waals surface area contributed by atoms with Crippen LogP contribution < -0.4 is 14.4 Å². The number of carbonyl (C=O) groups excluding carboxylic acids is 2. The van der Waals surface area contributed by atoms with E-state index in [1.165, 1.54) is 41.3 Å². The summed E-state index contributed by atoms with van der Waals surface area (Å²) in [5, 5.41) is 2.80. The molecular weight excluding hydrogens is 552 g/mol. The summed E-state index contributed by atoms with van der Waals surface area (Å²) in [6, 6.07) is 15.0. The van der Waals surface area contributed by atoms with Gasteiger partial charge in [0.15, 0.2) is 0 Å². The zero-order valence-electron chi connectivity index (χ0n) is 23.3. The summed E-state index contributed by atoms with van der Waals surface area (Å²) in [7, 11) is -4.34. The molecule has 3 aromatic carbocycles. The molecule has 1 N–H and O–H groups in total. The minimum Gasteiger partial charge on any atom is -0.494 e. The van der Waals surface area contributed by atoms with Gasteiger partial charge in [-0.25, -0.2) is 17.2 Å². The fraction of sp³-hybridized carbons (Fsp3) is 0.333. The third kappa shape index (κ3) is 8.50. The number of amides is 2. The van der Waals surface area contributed by atoms with Crippen LogP contribution in [0.4, 0.5) is 14.5 Å². The van der Waals surface area contributed by atoms with Gasteiger partial charge in [-0.2, -0.15) is 0 Å². The van der Waals surface area contributed by atoms with Gasteiger partial charge < -0.3 is 15.0 Å². The SMILES string of the molecule is CCCCNC(=O)[C@H](C)N(Cc1ccc(F)cc1)C(=O)CN(c1ccc(OCC)cc1)S(=O)(=O)c1ccc(F)cc1.